The van der Waals surface area contributed by atoms with Gasteiger partial charge in [0.25, 0.3) is 0 Å². The SMILES string of the molecule is CCOc1cccc([C@@H](CC(F)F)N2CCNCC2)c1.Cl. The lowest BCUT2D eigenvalue weighted by Gasteiger charge is -2.35. The van der Waals surface area contributed by atoms with Crippen LogP contribution < -0.4 is 10.1 Å². The van der Waals surface area contributed by atoms with E-state index in [9.17, 15) is 8.78 Å². The van der Waals surface area contributed by atoms with E-state index in [2.05, 4.69) is 10.2 Å². The van der Waals surface area contributed by atoms with Gasteiger partial charge in [0.05, 0.1) is 6.61 Å². The van der Waals surface area contributed by atoms with Gasteiger partial charge in [-0.1, -0.05) is 12.1 Å². The molecule has 6 heteroatoms. The molecule has 0 aromatic heterocycles. The summed E-state index contributed by atoms with van der Waals surface area (Å²) in [7, 11) is 0. The fourth-order valence-electron chi connectivity index (χ4n) is 2.64. The predicted octanol–water partition coefficient (Wildman–Crippen LogP) is 3.11. The average Bonchev–Trinajstić information content (AvgIpc) is 2.46. The maximum atomic E-state index is 12.9. The van der Waals surface area contributed by atoms with Crippen LogP contribution in [0.25, 0.3) is 0 Å². The van der Waals surface area contributed by atoms with Gasteiger partial charge in [0.2, 0.25) is 6.43 Å². The number of halogens is 3. The number of piperazine rings is 1. The zero-order valence-electron chi connectivity index (χ0n) is 12.2. The Kier molecular flexibility index (Phi) is 7.93. The number of nitrogens with zero attached hydrogens (tertiary/aromatic N) is 1. The molecule has 0 amide bonds. The van der Waals surface area contributed by atoms with Gasteiger partial charge in [0, 0.05) is 38.6 Å². The molecule has 1 heterocycles. The highest BCUT2D eigenvalue weighted by atomic mass is 35.5. The van der Waals surface area contributed by atoms with E-state index >= 15 is 0 Å². The molecule has 3 nitrogen and oxygen atoms in total. The average molecular weight is 321 g/mol. The Labute approximate surface area is 131 Å². The van der Waals surface area contributed by atoms with E-state index in [4.69, 9.17) is 4.74 Å². The number of hydrogen-bond acceptors (Lipinski definition) is 3. The van der Waals surface area contributed by atoms with Crippen LogP contribution in [0.3, 0.4) is 0 Å². The van der Waals surface area contributed by atoms with Gasteiger partial charge in [-0.05, 0) is 24.6 Å². The summed E-state index contributed by atoms with van der Waals surface area (Å²) in [5, 5.41) is 3.25. The molecule has 1 aliphatic heterocycles. The molecule has 0 spiro atoms. The Morgan fingerprint density at radius 1 is 1.29 bits per heavy atom. The molecular formula is C15H23ClF2N2O. The fourth-order valence-corrected chi connectivity index (χ4v) is 2.64. The molecule has 1 atom stereocenters. The first-order valence-electron chi connectivity index (χ1n) is 7.16. The van der Waals surface area contributed by atoms with Gasteiger partial charge in [-0.3, -0.25) is 4.90 Å². The Bertz CT molecular complexity index is 414. The molecule has 1 aromatic carbocycles. The quantitative estimate of drug-likeness (QED) is 0.871. The van der Waals surface area contributed by atoms with Gasteiger partial charge >= 0.3 is 0 Å². The summed E-state index contributed by atoms with van der Waals surface area (Å²) in [5.41, 5.74) is 0.915. The summed E-state index contributed by atoms with van der Waals surface area (Å²) in [4.78, 5) is 2.13. The first-order valence-corrected chi connectivity index (χ1v) is 7.16. The molecule has 2 rings (SSSR count). The number of nitrogens with one attached hydrogen (secondary N) is 1. The van der Waals surface area contributed by atoms with Crippen LogP contribution in [0.4, 0.5) is 8.78 Å². The maximum Gasteiger partial charge on any atom is 0.240 e. The minimum Gasteiger partial charge on any atom is -0.494 e. The smallest absolute Gasteiger partial charge is 0.240 e. The van der Waals surface area contributed by atoms with E-state index in [1.807, 2.05) is 31.2 Å². The van der Waals surface area contributed by atoms with Gasteiger partial charge in [-0.2, -0.15) is 0 Å². The molecule has 0 bridgehead atoms. The minimum atomic E-state index is -2.30. The molecule has 0 saturated carbocycles. The number of benzene rings is 1. The van der Waals surface area contributed by atoms with E-state index < -0.39 is 6.43 Å². The van der Waals surface area contributed by atoms with E-state index in [1.165, 1.54) is 0 Å². The lowest BCUT2D eigenvalue weighted by atomic mass is 10.0. The molecule has 1 aliphatic rings. The maximum absolute atomic E-state index is 12.9. The van der Waals surface area contributed by atoms with Crippen molar-refractivity contribution in [1.82, 2.24) is 10.2 Å². The fraction of sp³-hybridized carbons (Fsp3) is 0.600. The first-order chi connectivity index (χ1) is 9.70. The van der Waals surface area contributed by atoms with Crippen molar-refractivity contribution in [3.05, 3.63) is 29.8 Å². The molecule has 0 aliphatic carbocycles. The van der Waals surface area contributed by atoms with Gasteiger partial charge in [-0.25, -0.2) is 8.78 Å². The Morgan fingerprint density at radius 2 is 2.00 bits per heavy atom. The molecule has 1 fully saturated rings. The number of rotatable bonds is 6. The molecular weight excluding hydrogens is 298 g/mol. The summed E-state index contributed by atoms with van der Waals surface area (Å²) >= 11 is 0. The minimum absolute atomic E-state index is 0. The van der Waals surface area contributed by atoms with E-state index in [-0.39, 0.29) is 24.9 Å². The van der Waals surface area contributed by atoms with Crippen molar-refractivity contribution >= 4 is 12.4 Å². The topological polar surface area (TPSA) is 24.5 Å². The van der Waals surface area contributed by atoms with Gasteiger partial charge in [0.15, 0.2) is 0 Å². The molecule has 21 heavy (non-hydrogen) atoms. The Hall–Kier alpha value is -0.910. The summed E-state index contributed by atoms with van der Waals surface area (Å²) < 4.78 is 31.3. The Morgan fingerprint density at radius 3 is 2.62 bits per heavy atom. The van der Waals surface area contributed by atoms with Crippen LogP contribution in [-0.4, -0.2) is 44.1 Å². The third-order valence-electron chi connectivity index (χ3n) is 3.55. The highest BCUT2D eigenvalue weighted by molar-refractivity contribution is 5.85. The van der Waals surface area contributed by atoms with Crippen molar-refractivity contribution in [2.75, 3.05) is 32.8 Å². The molecule has 0 unspecified atom stereocenters. The summed E-state index contributed by atoms with van der Waals surface area (Å²) in [5.74, 6) is 0.749. The van der Waals surface area contributed by atoms with Crippen LogP contribution in [0.5, 0.6) is 5.75 Å². The van der Waals surface area contributed by atoms with Crippen LogP contribution in [0, 0.1) is 0 Å². The van der Waals surface area contributed by atoms with Crippen LogP contribution in [-0.2, 0) is 0 Å². The Balaban J connectivity index is 0.00000220. The zero-order valence-corrected chi connectivity index (χ0v) is 13.0. The van der Waals surface area contributed by atoms with E-state index in [0.717, 1.165) is 37.5 Å². The van der Waals surface area contributed by atoms with E-state index in [0.29, 0.717) is 6.61 Å². The van der Waals surface area contributed by atoms with Gasteiger partial charge in [0.1, 0.15) is 5.75 Å². The van der Waals surface area contributed by atoms with Crippen molar-refractivity contribution in [2.45, 2.75) is 25.8 Å². The second-order valence-corrected chi connectivity index (χ2v) is 4.93. The predicted molar refractivity (Wildman–Crippen MR) is 82.7 cm³/mol. The lowest BCUT2D eigenvalue weighted by Crippen LogP contribution is -2.45. The molecule has 0 radical (unpaired) electrons. The number of ether oxygens (including phenoxy) is 1. The van der Waals surface area contributed by atoms with Crippen molar-refractivity contribution in [3.63, 3.8) is 0 Å². The second kappa shape index (κ2) is 9.18. The summed E-state index contributed by atoms with van der Waals surface area (Å²) in [6.45, 7) is 5.80. The van der Waals surface area contributed by atoms with Crippen molar-refractivity contribution in [2.24, 2.45) is 0 Å². The van der Waals surface area contributed by atoms with Crippen LogP contribution in [0.2, 0.25) is 0 Å². The highest BCUT2D eigenvalue weighted by Crippen LogP contribution is 2.29. The van der Waals surface area contributed by atoms with Crippen molar-refractivity contribution in [1.29, 1.82) is 0 Å². The molecule has 120 valence electrons. The summed E-state index contributed by atoms with van der Waals surface area (Å²) in [6, 6.07) is 7.30. The highest BCUT2D eigenvalue weighted by Gasteiger charge is 2.25. The van der Waals surface area contributed by atoms with Gasteiger partial charge < -0.3 is 10.1 Å². The second-order valence-electron chi connectivity index (χ2n) is 4.93. The molecule has 1 aromatic rings. The van der Waals surface area contributed by atoms with Crippen LogP contribution in [0.15, 0.2) is 24.3 Å². The van der Waals surface area contributed by atoms with Crippen molar-refractivity contribution < 1.29 is 13.5 Å². The lowest BCUT2D eigenvalue weighted by molar-refractivity contribution is 0.0738. The van der Waals surface area contributed by atoms with Crippen molar-refractivity contribution in [3.8, 4) is 5.75 Å². The first kappa shape index (κ1) is 18.1. The largest absolute Gasteiger partial charge is 0.494 e. The third kappa shape index (κ3) is 5.41. The van der Waals surface area contributed by atoms with E-state index in [1.54, 1.807) is 0 Å². The van der Waals surface area contributed by atoms with Gasteiger partial charge in [-0.15, -0.1) is 12.4 Å². The van der Waals surface area contributed by atoms with Crippen LogP contribution >= 0.6 is 12.4 Å². The number of alkyl halides is 2. The standard InChI is InChI=1S/C15H22F2N2O.ClH/c1-2-20-13-5-3-4-12(10-13)14(11-15(16)17)19-8-6-18-7-9-19;/h3-5,10,14-15,18H,2,6-9,11H2,1H3;1H/t14-;/m1./s1. The molecule has 1 saturated heterocycles. The third-order valence-corrected chi connectivity index (χ3v) is 3.55. The zero-order chi connectivity index (χ0) is 14.4. The summed E-state index contributed by atoms with van der Waals surface area (Å²) in [6.07, 6.45) is -2.43. The van der Waals surface area contributed by atoms with Crippen LogP contribution in [0.1, 0.15) is 24.9 Å². The monoisotopic (exact) mass is 320 g/mol. The number of hydrogen-bond donors (Lipinski definition) is 1. The molecule has 1 N–H and O–H groups in total. The normalized spacial score (nSPS) is 17.3.